The van der Waals surface area contributed by atoms with Gasteiger partial charge in [-0.05, 0) is 12.8 Å². The zero-order valence-electron chi connectivity index (χ0n) is 12.2. The van der Waals surface area contributed by atoms with Crippen LogP contribution in [0.3, 0.4) is 0 Å². The van der Waals surface area contributed by atoms with Crippen LogP contribution in [0.2, 0.25) is 0 Å². The summed E-state index contributed by atoms with van der Waals surface area (Å²) in [5, 5.41) is 18.4. The number of carboxylic acid groups (broad SMARTS) is 1. The van der Waals surface area contributed by atoms with Crippen LogP contribution in [-0.4, -0.2) is 31.9 Å². The van der Waals surface area contributed by atoms with Crippen LogP contribution in [0.15, 0.2) is 9.59 Å². The Kier molecular flexibility index (Phi) is 4.86. The monoisotopic (exact) mass is 313 g/mol. The van der Waals surface area contributed by atoms with Crippen molar-refractivity contribution in [1.29, 1.82) is 0 Å². The second-order valence-corrected chi connectivity index (χ2v) is 5.28. The molecular formula is C13H19N3O6. The SMILES string of the molecule is Cn1c(O)c(ONCC(=O)O)c(=O)n(C2CCCCC2)c1=O. The summed E-state index contributed by atoms with van der Waals surface area (Å²) in [6, 6.07) is -0.234. The molecule has 1 heterocycles. The van der Waals surface area contributed by atoms with Crippen molar-refractivity contribution in [2.45, 2.75) is 38.1 Å². The van der Waals surface area contributed by atoms with Crippen LogP contribution in [0, 0.1) is 0 Å². The second kappa shape index (κ2) is 6.65. The maximum absolute atomic E-state index is 12.4. The van der Waals surface area contributed by atoms with E-state index in [9.17, 15) is 19.5 Å². The van der Waals surface area contributed by atoms with E-state index in [0.29, 0.717) is 12.8 Å². The number of carboxylic acids is 1. The Balaban J connectivity index is 2.41. The van der Waals surface area contributed by atoms with E-state index in [0.717, 1.165) is 28.4 Å². The van der Waals surface area contributed by atoms with Gasteiger partial charge in [-0.15, -0.1) is 5.48 Å². The fourth-order valence-corrected chi connectivity index (χ4v) is 2.62. The smallest absolute Gasteiger partial charge is 0.333 e. The van der Waals surface area contributed by atoms with Gasteiger partial charge >= 0.3 is 17.2 Å². The first-order valence-electron chi connectivity index (χ1n) is 7.09. The normalized spacial score (nSPS) is 15.7. The van der Waals surface area contributed by atoms with Crippen molar-refractivity contribution in [2.75, 3.05) is 6.54 Å². The molecule has 0 unspecified atom stereocenters. The Hall–Kier alpha value is -2.29. The van der Waals surface area contributed by atoms with E-state index in [1.807, 2.05) is 0 Å². The lowest BCUT2D eigenvalue weighted by Crippen LogP contribution is -2.43. The number of carbonyl (C=O) groups is 1. The Morgan fingerprint density at radius 1 is 1.32 bits per heavy atom. The van der Waals surface area contributed by atoms with E-state index in [4.69, 9.17) is 9.94 Å². The van der Waals surface area contributed by atoms with E-state index >= 15 is 0 Å². The largest absolute Gasteiger partial charge is 0.492 e. The van der Waals surface area contributed by atoms with Crippen LogP contribution in [0.5, 0.6) is 11.6 Å². The molecule has 9 heteroatoms. The summed E-state index contributed by atoms with van der Waals surface area (Å²) < 4.78 is 1.99. The van der Waals surface area contributed by atoms with Gasteiger partial charge in [-0.25, -0.2) is 4.79 Å². The van der Waals surface area contributed by atoms with Gasteiger partial charge < -0.3 is 15.1 Å². The van der Waals surface area contributed by atoms with Crippen molar-refractivity contribution in [2.24, 2.45) is 7.05 Å². The number of hydrogen-bond donors (Lipinski definition) is 3. The molecule has 3 N–H and O–H groups in total. The van der Waals surface area contributed by atoms with Gasteiger partial charge in [0.05, 0.1) is 0 Å². The molecule has 0 atom stereocenters. The van der Waals surface area contributed by atoms with E-state index in [2.05, 4.69) is 5.48 Å². The number of rotatable bonds is 5. The molecule has 1 aliphatic carbocycles. The van der Waals surface area contributed by atoms with Gasteiger partial charge in [0.25, 0.3) is 5.75 Å². The molecule has 0 aromatic carbocycles. The average molecular weight is 313 g/mol. The third-order valence-corrected chi connectivity index (χ3v) is 3.76. The fourth-order valence-electron chi connectivity index (χ4n) is 2.62. The quantitative estimate of drug-likeness (QED) is 0.639. The van der Waals surface area contributed by atoms with Crippen molar-refractivity contribution in [3.63, 3.8) is 0 Å². The first kappa shape index (κ1) is 16.1. The number of nitrogens with one attached hydrogen (secondary N) is 1. The summed E-state index contributed by atoms with van der Waals surface area (Å²) in [4.78, 5) is 40.0. The maximum atomic E-state index is 12.4. The van der Waals surface area contributed by atoms with Crippen LogP contribution in [0.1, 0.15) is 38.1 Å². The summed E-state index contributed by atoms with van der Waals surface area (Å²) in [5.74, 6) is -2.30. The zero-order chi connectivity index (χ0) is 16.3. The number of hydrogen-bond acceptors (Lipinski definition) is 6. The molecule has 2 rings (SSSR count). The third kappa shape index (κ3) is 3.14. The highest BCUT2D eigenvalue weighted by Crippen LogP contribution is 2.27. The number of aliphatic carboxylic acids is 1. The molecule has 22 heavy (non-hydrogen) atoms. The topological polar surface area (TPSA) is 123 Å². The van der Waals surface area contributed by atoms with Crippen molar-refractivity contribution >= 4 is 5.97 Å². The maximum Gasteiger partial charge on any atom is 0.333 e. The van der Waals surface area contributed by atoms with Gasteiger partial charge in [0.15, 0.2) is 0 Å². The molecule has 0 saturated heterocycles. The standard InChI is InChI=1S/C13H19N3O6/c1-15-11(19)10(22-14-7-9(17)18)12(20)16(13(15)21)8-5-3-2-4-6-8/h8,14,19H,2-7H2,1H3,(H,17,18). The predicted octanol–water partition coefficient (Wildman–Crippen LogP) is -0.274. The minimum atomic E-state index is -1.18. The van der Waals surface area contributed by atoms with Crippen LogP contribution in [0.4, 0.5) is 0 Å². The van der Waals surface area contributed by atoms with E-state index < -0.39 is 35.4 Å². The summed E-state index contributed by atoms with van der Waals surface area (Å²) in [6.45, 7) is -0.550. The highest BCUT2D eigenvalue weighted by atomic mass is 16.7. The zero-order valence-corrected chi connectivity index (χ0v) is 12.2. The number of aromatic hydroxyl groups is 1. The fraction of sp³-hybridized carbons (Fsp3) is 0.615. The number of aromatic nitrogens is 2. The molecule has 9 nitrogen and oxygen atoms in total. The second-order valence-electron chi connectivity index (χ2n) is 5.28. The Labute approximate surface area is 125 Å². The molecule has 1 fully saturated rings. The van der Waals surface area contributed by atoms with Crippen molar-refractivity contribution in [3.8, 4) is 11.6 Å². The minimum absolute atomic E-state index is 0.234. The molecule has 0 radical (unpaired) electrons. The molecule has 1 aliphatic rings. The third-order valence-electron chi connectivity index (χ3n) is 3.76. The van der Waals surface area contributed by atoms with Crippen LogP contribution >= 0.6 is 0 Å². The highest BCUT2D eigenvalue weighted by molar-refractivity contribution is 5.68. The van der Waals surface area contributed by atoms with Gasteiger partial charge in [-0.2, -0.15) is 0 Å². The molecule has 1 saturated carbocycles. The van der Waals surface area contributed by atoms with E-state index in [1.54, 1.807) is 0 Å². The lowest BCUT2D eigenvalue weighted by molar-refractivity contribution is -0.137. The summed E-state index contributed by atoms with van der Waals surface area (Å²) in [6.07, 6.45) is 4.33. The summed E-state index contributed by atoms with van der Waals surface area (Å²) >= 11 is 0. The Morgan fingerprint density at radius 3 is 2.55 bits per heavy atom. The van der Waals surface area contributed by atoms with Gasteiger partial charge in [-0.1, -0.05) is 19.3 Å². The molecule has 0 aliphatic heterocycles. The highest BCUT2D eigenvalue weighted by Gasteiger charge is 2.25. The summed E-state index contributed by atoms with van der Waals surface area (Å²) in [7, 11) is 1.32. The average Bonchev–Trinajstić information content (AvgIpc) is 2.49. The molecule has 0 spiro atoms. The molecule has 122 valence electrons. The first-order valence-corrected chi connectivity index (χ1v) is 7.09. The first-order chi connectivity index (χ1) is 10.4. The van der Waals surface area contributed by atoms with E-state index in [-0.39, 0.29) is 6.04 Å². The lowest BCUT2D eigenvalue weighted by Gasteiger charge is -2.24. The van der Waals surface area contributed by atoms with Crippen LogP contribution in [-0.2, 0) is 11.8 Å². The number of hydroxylamine groups is 1. The molecule has 0 bridgehead atoms. The van der Waals surface area contributed by atoms with Gasteiger partial charge in [0, 0.05) is 13.1 Å². The van der Waals surface area contributed by atoms with Gasteiger partial charge in [-0.3, -0.25) is 18.7 Å². The lowest BCUT2D eigenvalue weighted by atomic mass is 9.95. The minimum Gasteiger partial charge on any atom is -0.492 e. The molecule has 1 aromatic rings. The van der Waals surface area contributed by atoms with Gasteiger partial charge in [0.2, 0.25) is 5.88 Å². The van der Waals surface area contributed by atoms with Crippen LogP contribution in [0.25, 0.3) is 0 Å². The molecule has 0 amide bonds. The van der Waals surface area contributed by atoms with Crippen molar-refractivity contribution < 1.29 is 19.8 Å². The number of nitrogens with zero attached hydrogens (tertiary/aromatic N) is 2. The van der Waals surface area contributed by atoms with Crippen molar-refractivity contribution in [1.82, 2.24) is 14.6 Å². The Bertz CT molecular complexity index is 672. The van der Waals surface area contributed by atoms with Crippen molar-refractivity contribution in [3.05, 3.63) is 20.8 Å². The van der Waals surface area contributed by atoms with Crippen LogP contribution < -0.4 is 21.6 Å². The van der Waals surface area contributed by atoms with E-state index in [1.165, 1.54) is 7.05 Å². The summed E-state index contributed by atoms with van der Waals surface area (Å²) in [5.41, 5.74) is 0.701. The molecule has 1 aromatic heterocycles. The Morgan fingerprint density at radius 2 is 1.95 bits per heavy atom. The van der Waals surface area contributed by atoms with Gasteiger partial charge in [0.1, 0.15) is 6.54 Å². The molecular weight excluding hydrogens is 294 g/mol. The predicted molar refractivity (Wildman–Crippen MR) is 76.0 cm³/mol.